The predicted octanol–water partition coefficient (Wildman–Crippen LogP) is 2.43. The highest BCUT2D eigenvalue weighted by molar-refractivity contribution is 5.94. The molecule has 2 aromatic carbocycles. The van der Waals surface area contributed by atoms with Crippen LogP contribution in [0.15, 0.2) is 59.4 Å². The summed E-state index contributed by atoms with van der Waals surface area (Å²) in [7, 11) is 0. The molecule has 0 aliphatic heterocycles. The lowest BCUT2D eigenvalue weighted by atomic mass is 10.1. The SMILES string of the molecule is CCCCn1nc(C(=O)NNC(=O)C(C)Oc2ccc3ccccc3c2)ccc1=O. The number of unbranched alkanes of at least 4 members (excludes halogenated alkanes) is 1. The summed E-state index contributed by atoms with van der Waals surface area (Å²) in [6.07, 6.45) is 0.839. The van der Waals surface area contributed by atoms with Crippen LogP contribution < -0.4 is 21.1 Å². The topological polar surface area (TPSA) is 102 Å². The lowest BCUT2D eigenvalue weighted by Crippen LogP contribution is -2.47. The van der Waals surface area contributed by atoms with Crippen LogP contribution in [0.2, 0.25) is 0 Å². The number of amides is 2. The van der Waals surface area contributed by atoms with E-state index in [0.717, 1.165) is 23.6 Å². The van der Waals surface area contributed by atoms with Crippen molar-refractivity contribution < 1.29 is 14.3 Å². The molecule has 156 valence electrons. The molecular formula is C22H24N4O4. The summed E-state index contributed by atoms with van der Waals surface area (Å²) < 4.78 is 6.92. The summed E-state index contributed by atoms with van der Waals surface area (Å²) in [5.74, 6) is -0.588. The first-order valence-electron chi connectivity index (χ1n) is 9.81. The van der Waals surface area contributed by atoms with Crippen LogP contribution in [0.4, 0.5) is 0 Å². The fraction of sp³-hybridized carbons (Fsp3) is 0.273. The molecule has 0 aliphatic rings. The second-order valence-electron chi connectivity index (χ2n) is 6.85. The van der Waals surface area contributed by atoms with Crippen molar-refractivity contribution in [1.29, 1.82) is 0 Å². The van der Waals surface area contributed by atoms with E-state index in [1.54, 1.807) is 13.0 Å². The number of aryl methyl sites for hydroxylation is 1. The summed E-state index contributed by atoms with van der Waals surface area (Å²) in [5, 5.41) is 6.11. The van der Waals surface area contributed by atoms with Crippen LogP contribution in [0.5, 0.6) is 5.75 Å². The van der Waals surface area contributed by atoms with Crippen LogP contribution in [0.3, 0.4) is 0 Å². The monoisotopic (exact) mass is 408 g/mol. The molecule has 3 rings (SSSR count). The Hall–Kier alpha value is -3.68. The molecule has 0 fully saturated rings. The van der Waals surface area contributed by atoms with E-state index in [-0.39, 0.29) is 11.3 Å². The van der Waals surface area contributed by atoms with E-state index < -0.39 is 17.9 Å². The van der Waals surface area contributed by atoms with Crippen molar-refractivity contribution in [2.45, 2.75) is 39.3 Å². The third-order valence-electron chi connectivity index (χ3n) is 4.52. The second-order valence-corrected chi connectivity index (χ2v) is 6.85. The summed E-state index contributed by atoms with van der Waals surface area (Å²) in [5.41, 5.74) is 4.39. The third-order valence-corrected chi connectivity index (χ3v) is 4.52. The van der Waals surface area contributed by atoms with Crippen LogP contribution in [0.25, 0.3) is 10.8 Å². The summed E-state index contributed by atoms with van der Waals surface area (Å²) in [6.45, 7) is 4.01. The van der Waals surface area contributed by atoms with Gasteiger partial charge >= 0.3 is 0 Å². The highest BCUT2D eigenvalue weighted by atomic mass is 16.5. The zero-order valence-electron chi connectivity index (χ0n) is 16.9. The van der Waals surface area contributed by atoms with Gasteiger partial charge in [0.25, 0.3) is 17.4 Å². The maximum Gasteiger partial charge on any atom is 0.290 e. The zero-order valence-corrected chi connectivity index (χ0v) is 16.9. The van der Waals surface area contributed by atoms with Crippen molar-refractivity contribution in [3.63, 3.8) is 0 Å². The molecule has 0 radical (unpaired) electrons. The number of ether oxygens (including phenoxy) is 1. The van der Waals surface area contributed by atoms with Crippen molar-refractivity contribution in [1.82, 2.24) is 20.6 Å². The Kier molecular flexibility index (Phi) is 6.79. The minimum absolute atomic E-state index is 0.0362. The molecule has 0 saturated carbocycles. The molecule has 30 heavy (non-hydrogen) atoms. The van der Waals surface area contributed by atoms with E-state index >= 15 is 0 Å². The normalized spacial score (nSPS) is 11.7. The molecule has 0 bridgehead atoms. The van der Waals surface area contributed by atoms with E-state index in [9.17, 15) is 14.4 Å². The number of carbonyl (C=O) groups is 2. The van der Waals surface area contributed by atoms with Gasteiger partial charge in [-0.15, -0.1) is 0 Å². The minimum Gasteiger partial charge on any atom is -0.481 e. The van der Waals surface area contributed by atoms with Crippen molar-refractivity contribution in [2.24, 2.45) is 0 Å². The molecule has 8 heteroatoms. The first kappa shape index (κ1) is 21.0. The summed E-state index contributed by atoms with van der Waals surface area (Å²) in [4.78, 5) is 36.3. The Morgan fingerprint density at radius 2 is 1.83 bits per heavy atom. The van der Waals surface area contributed by atoms with Gasteiger partial charge in [-0.05, 0) is 42.3 Å². The Morgan fingerprint density at radius 1 is 1.07 bits per heavy atom. The van der Waals surface area contributed by atoms with Crippen LogP contribution in [0.1, 0.15) is 37.2 Å². The molecule has 0 spiro atoms. The smallest absolute Gasteiger partial charge is 0.290 e. The largest absolute Gasteiger partial charge is 0.481 e. The fourth-order valence-electron chi connectivity index (χ4n) is 2.82. The molecule has 0 aliphatic carbocycles. The number of fused-ring (bicyclic) bond motifs is 1. The quantitative estimate of drug-likeness (QED) is 0.585. The second kappa shape index (κ2) is 9.69. The van der Waals surface area contributed by atoms with Gasteiger partial charge < -0.3 is 4.74 Å². The molecule has 1 heterocycles. The molecule has 8 nitrogen and oxygen atoms in total. The Balaban J connectivity index is 1.57. The van der Waals surface area contributed by atoms with Crippen LogP contribution in [-0.4, -0.2) is 27.7 Å². The number of carbonyl (C=O) groups excluding carboxylic acids is 2. The van der Waals surface area contributed by atoms with E-state index in [4.69, 9.17) is 4.74 Å². The maximum atomic E-state index is 12.3. The number of benzene rings is 2. The molecule has 2 N–H and O–H groups in total. The van der Waals surface area contributed by atoms with Gasteiger partial charge in [-0.2, -0.15) is 5.10 Å². The summed E-state index contributed by atoms with van der Waals surface area (Å²) in [6, 6.07) is 16.0. The average molecular weight is 408 g/mol. The molecule has 1 atom stereocenters. The van der Waals surface area contributed by atoms with Gasteiger partial charge in [0.1, 0.15) is 5.75 Å². The van der Waals surface area contributed by atoms with Gasteiger partial charge in [0, 0.05) is 12.6 Å². The fourth-order valence-corrected chi connectivity index (χ4v) is 2.82. The number of hydrogen-bond acceptors (Lipinski definition) is 5. The third kappa shape index (κ3) is 5.22. The Bertz CT molecular complexity index is 1110. The van der Waals surface area contributed by atoms with Gasteiger partial charge in [-0.25, -0.2) is 4.68 Å². The highest BCUT2D eigenvalue weighted by Gasteiger charge is 2.17. The van der Waals surface area contributed by atoms with Crippen LogP contribution in [0, 0.1) is 0 Å². The Labute approximate surface area is 173 Å². The zero-order chi connectivity index (χ0) is 21.5. The predicted molar refractivity (Wildman–Crippen MR) is 113 cm³/mol. The highest BCUT2D eigenvalue weighted by Crippen LogP contribution is 2.21. The molecule has 1 aromatic heterocycles. The molecular weight excluding hydrogens is 384 g/mol. The lowest BCUT2D eigenvalue weighted by molar-refractivity contribution is -0.128. The van der Waals surface area contributed by atoms with E-state index in [1.165, 1.54) is 16.8 Å². The number of nitrogens with one attached hydrogen (secondary N) is 2. The maximum absolute atomic E-state index is 12.3. The van der Waals surface area contributed by atoms with Crippen molar-refractivity contribution in [2.75, 3.05) is 0 Å². The number of hydrazine groups is 1. The van der Waals surface area contributed by atoms with Gasteiger partial charge in [-0.3, -0.25) is 25.2 Å². The number of hydrogen-bond donors (Lipinski definition) is 2. The van der Waals surface area contributed by atoms with Crippen LogP contribution >= 0.6 is 0 Å². The van der Waals surface area contributed by atoms with Gasteiger partial charge in [0.2, 0.25) is 0 Å². The van der Waals surface area contributed by atoms with Crippen LogP contribution in [-0.2, 0) is 11.3 Å². The van der Waals surface area contributed by atoms with Gasteiger partial charge in [-0.1, -0.05) is 43.7 Å². The first-order valence-corrected chi connectivity index (χ1v) is 9.81. The van der Waals surface area contributed by atoms with E-state index in [1.807, 2.05) is 43.3 Å². The average Bonchev–Trinajstić information content (AvgIpc) is 2.76. The van der Waals surface area contributed by atoms with Crippen molar-refractivity contribution in [3.05, 3.63) is 70.6 Å². The standard InChI is InChI=1S/C22H24N4O4/c1-3-4-13-26-20(27)12-11-19(25-26)22(29)24-23-21(28)15(2)30-18-10-9-16-7-5-6-8-17(16)14-18/h5-12,14-15H,3-4,13H2,1-2H3,(H,23,28)(H,24,29). The number of rotatable bonds is 7. The van der Waals surface area contributed by atoms with E-state index in [2.05, 4.69) is 16.0 Å². The summed E-state index contributed by atoms with van der Waals surface area (Å²) >= 11 is 0. The van der Waals surface area contributed by atoms with Gasteiger partial charge in [0.15, 0.2) is 11.8 Å². The Morgan fingerprint density at radius 3 is 2.60 bits per heavy atom. The van der Waals surface area contributed by atoms with E-state index in [0.29, 0.717) is 12.3 Å². The van der Waals surface area contributed by atoms with Crippen molar-refractivity contribution >= 4 is 22.6 Å². The minimum atomic E-state index is -0.835. The van der Waals surface area contributed by atoms with Crippen molar-refractivity contribution in [3.8, 4) is 5.75 Å². The number of aromatic nitrogens is 2. The first-order chi connectivity index (χ1) is 14.5. The molecule has 0 saturated heterocycles. The molecule has 2 amide bonds. The number of nitrogens with zero attached hydrogens (tertiary/aromatic N) is 2. The lowest BCUT2D eigenvalue weighted by Gasteiger charge is -2.15. The molecule has 1 unspecified atom stereocenters. The van der Waals surface area contributed by atoms with Gasteiger partial charge in [0.05, 0.1) is 0 Å². The molecule has 3 aromatic rings.